The van der Waals surface area contributed by atoms with Gasteiger partial charge in [-0.25, -0.2) is 4.39 Å². The molecule has 0 aliphatic heterocycles. The molecule has 1 amide bonds. The Balaban J connectivity index is 2.03. The van der Waals surface area contributed by atoms with Crippen LogP contribution in [0.5, 0.6) is 0 Å². The maximum Gasteiger partial charge on any atom is 0.227 e. The molecule has 0 saturated heterocycles. The molecule has 2 rings (SSSR count). The third-order valence-corrected chi connectivity index (χ3v) is 4.83. The van der Waals surface area contributed by atoms with Gasteiger partial charge in [-0.15, -0.1) is 0 Å². The SMILES string of the molecule is C[C@H](Cc1ccccc1)N(C)C(=O)Cc1c(F)cccc1I. The van der Waals surface area contributed by atoms with Gasteiger partial charge in [0.2, 0.25) is 5.91 Å². The van der Waals surface area contributed by atoms with Crippen molar-refractivity contribution in [1.29, 1.82) is 0 Å². The first-order valence-electron chi connectivity index (χ1n) is 7.21. The molecule has 0 aliphatic rings. The Bertz CT molecular complexity index is 625. The first-order valence-corrected chi connectivity index (χ1v) is 8.29. The summed E-state index contributed by atoms with van der Waals surface area (Å²) in [6, 6.07) is 15.0. The Kier molecular flexibility index (Phi) is 5.94. The summed E-state index contributed by atoms with van der Waals surface area (Å²) < 4.78 is 14.6. The van der Waals surface area contributed by atoms with Crippen LogP contribution in [0.3, 0.4) is 0 Å². The highest BCUT2D eigenvalue weighted by atomic mass is 127. The van der Waals surface area contributed by atoms with Gasteiger partial charge in [0.1, 0.15) is 5.82 Å². The Labute approximate surface area is 144 Å². The summed E-state index contributed by atoms with van der Waals surface area (Å²) in [5, 5.41) is 0. The van der Waals surface area contributed by atoms with Crippen molar-refractivity contribution in [3.05, 3.63) is 69.0 Å². The molecular weight excluding hydrogens is 392 g/mol. The van der Waals surface area contributed by atoms with Crippen LogP contribution in [0.4, 0.5) is 4.39 Å². The van der Waals surface area contributed by atoms with Crippen molar-refractivity contribution in [2.24, 2.45) is 0 Å². The fourth-order valence-electron chi connectivity index (χ4n) is 2.32. The van der Waals surface area contributed by atoms with E-state index in [9.17, 15) is 9.18 Å². The maximum atomic E-state index is 13.8. The molecule has 2 aromatic carbocycles. The molecule has 0 fully saturated rings. The van der Waals surface area contributed by atoms with Crippen molar-refractivity contribution in [3.8, 4) is 0 Å². The van der Waals surface area contributed by atoms with Gasteiger partial charge in [-0.1, -0.05) is 36.4 Å². The third-order valence-electron chi connectivity index (χ3n) is 3.82. The molecule has 0 saturated carbocycles. The zero-order valence-electron chi connectivity index (χ0n) is 12.7. The summed E-state index contributed by atoms with van der Waals surface area (Å²) in [4.78, 5) is 14.1. The second-order valence-corrected chi connectivity index (χ2v) is 6.58. The monoisotopic (exact) mass is 411 g/mol. The standard InChI is InChI=1S/C18H19FINO/c1-13(11-14-7-4-3-5-8-14)21(2)18(22)12-15-16(19)9-6-10-17(15)20/h3-10,13H,11-12H2,1-2H3/t13-/m1/s1. The van der Waals surface area contributed by atoms with Crippen LogP contribution in [-0.2, 0) is 17.6 Å². The van der Waals surface area contributed by atoms with Gasteiger partial charge < -0.3 is 4.90 Å². The van der Waals surface area contributed by atoms with E-state index in [1.807, 2.05) is 31.2 Å². The molecule has 116 valence electrons. The molecular formula is C18H19FINO. The number of rotatable bonds is 5. The summed E-state index contributed by atoms with van der Waals surface area (Å²) in [6.07, 6.45) is 0.887. The Morgan fingerprint density at radius 1 is 1.18 bits per heavy atom. The van der Waals surface area contributed by atoms with Gasteiger partial charge in [0.25, 0.3) is 0 Å². The number of nitrogens with zero attached hydrogens (tertiary/aromatic N) is 1. The highest BCUT2D eigenvalue weighted by molar-refractivity contribution is 14.1. The largest absolute Gasteiger partial charge is 0.342 e. The second-order valence-electron chi connectivity index (χ2n) is 5.42. The van der Waals surface area contributed by atoms with Crippen molar-refractivity contribution in [2.75, 3.05) is 7.05 Å². The zero-order chi connectivity index (χ0) is 16.1. The lowest BCUT2D eigenvalue weighted by Crippen LogP contribution is -2.37. The molecule has 0 bridgehead atoms. The third kappa shape index (κ3) is 4.29. The molecule has 0 spiro atoms. The highest BCUT2D eigenvalue weighted by Gasteiger charge is 2.19. The molecule has 0 N–H and O–H groups in total. The van der Waals surface area contributed by atoms with E-state index in [4.69, 9.17) is 0 Å². The number of amides is 1. The van der Waals surface area contributed by atoms with E-state index in [0.717, 1.165) is 9.99 Å². The van der Waals surface area contributed by atoms with Gasteiger partial charge in [-0.05, 0) is 53.6 Å². The summed E-state index contributed by atoms with van der Waals surface area (Å²) in [7, 11) is 1.78. The molecule has 4 heteroatoms. The van der Waals surface area contributed by atoms with Crippen LogP contribution in [0, 0.1) is 9.39 Å². The molecule has 2 aromatic rings. The zero-order valence-corrected chi connectivity index (χ0v) is 14.9. The predicted octanol–water partition coefficient (Wildman–Crippen LogP) is 4.06. The lowest BCUT2D eigenvalue weighted by Gasteiger charge is -2.25. The smallest absolute Gasteiger partial charge is 0.227 e. The number of likely N-dealkylation sites (N-methyl/N-ethyl adjacent to an activating group) is 1. The van der Waals surface area contributed by atoms with Crippen molar-refractivity contribution >= 4 is 28.5 Å². The van der Waals surface area contributed by atoms with Gasteiger partial charge in [-0.2, -0.15) is 0 Å². The fourth-order valence-corrected chi connectivity index (χ4v) is 2.97. The number of benzene rings is 2. The van der Waals surface area contributed by atoms with E-state index in [-0.39, 0.29) is 24.2 Å². The number of hydrogen-bond acceptors (Lipinski definition) is 1. The number of hydrogen-bond donors (Lipinski definition) is 0. The molecule has 0 heterocycles. The minimum Gasteiger partial charge on any atom is -0.342 e. The molecule has 0 radical (unpaired) electrons. The second kappa shape index (κ2) is 7.72. The van der Waals surface area contributed by atoms with Crippen molar-refractivity contribution in [2.45, 2.75) is 25.8 Å². The number of carbonyl (C=O) groups is 1. The lowest BCUT2D eigenvalue weighted by atomic mass is 10.1. The van der Waals surface area contributed by atoms with Gasteiger partial charge in [0, 0.05) is 22.2 Å². The lowest BCUT2D eigenvalue weighted by molar-refractivity contribution is -0.130. The minimum absolute atomic E-state index is 0.0635. The van der Waals surface area contributed by atoms with E-state index in [1.54, 1.807) is 18.0 Å². The van der Waals surface area contributed by atoms with Crippen molar-refractivity contribution in [3.63, 3.8) is 0 Å². The summed E-state index contributed by atoms with van der Waals surface area (Å²) >= 11 is 2.07. The van der Waals surface area contributed by atoms with E-state index < -0.39 is 0 Å². The Morgan fingerprint density at radius 3 is 2.50 bits per heavy atom. The Morgan fingerprint density at radius 2 is 1.86 bits per heavy atom. The van der Waals surface area contributed by atoms with Gasteiger partial charge >= 0.3 is 0 Å². The predicted molar refractivity (Wildman–Crippen MR) is 95.2 cm³/mol. The van der Waals surface area contributed by atoms with E-state index in [2.05, 4.69) is 34.7 Å². The normalized spacial score (nSPS) is 12.0. The van der Waals surface area contributed by atoms with E-state index in [0.29, 0.717) is 5.56 Å². The van der Waals surface area contributed by atoms with Gasteiger partial charge in [0.15, 0.2) is 0 Å². The number of halogens is 2. The number of carbonyl (C=O) groups excluding carboxylic acids is 1. The van der Waals surface area contributed by atoms with Crippen LogP contribution in [-0.4, -0.2) is 23.9 Å². The molecule has 1 atom stereocenters. The fraction of sp³-hybridized carbons (Fsp3) is 0.278. The first-order chi connectivity index (χ1) is 10.5. The maximum absolute atomic E-state index is 13.8. The van der Waals surface area contributed by atoms with Crippen LogP contribution < -0.4 is 0 Å². The van der Waals surface area contributed by atoms with Crippen LogP contribution in [0.15, 0.2) is 48.5 Å². The molecule has 22 heavy (non-hydrogen) atoms. The molecule has 2 nitrogen and oxygen atoms in total. The van der Waals surface area contributed by atoms with Crippen molar-refractivity contribution < 1.29 is 9.18 Å². The average Bonchev–Trinajstić information content (AvgIpc) is 2.51. The quantitative estimate of drug-likeness (QED) is 0.680. The average molecular weight is 411 g/mol. The first kappa shape index (κ1) is 16.9. The molecule has 0 unspecified atom stereocenters. The topological polar surface area (TPSA) is 20.3 Å². The summed E-state index contributed by atoms with van der Waals surface area (Å²) in [6.45, 7) is 2.01. The van der Waals surface area contributed by atoms with Crippen LogP contribution in [0.25, 0.3) is 0 Å². The highest BCUT2D eigenvalue weighted by Crippen LogP contribution is 2.18. The van der Waals surface area contributed by atoms with Crippen LogP contribution >= 0.6 is 22.6 Å². The van der Waals surface area contributed by atoms with Gasteiger partial charge in [0.05, 0.1) is 6.42 Å². The van der Waals surface area contributed by atoms with Crippen LogP contribution in [0.1, 0.15) is 18.1 Å². The summed E-state index contributed by atoms with van der Waals surface area (Å²) in [5.74, 6) is -0.379. The van der Waals surface area contributed by atoms with Gasteiger partial charge in [-0.3, -0.25) is 4.79 Å². The molecule has 0 aromatic heterocycles. The van der Waals surface area contributed by atoms with E-state index in [1.165, 1.54) is 11.6 Å². The van der Waals surface area contributed by atoms with Crippen molar-refractivity contribution in [1.82, 2.24) is 4.90 Å². The van der Waals surface area contributed by atoms with Crippen LogP contribution in [0.2, 0.25) is 0 Å². The Hall–Kier alpha value is -1.43. The molecule has 0 aliphatic carbocycles. The minimum atomic E-state index is -0.315. The van der Waals surface area contributed by atoms with E-state index >= 15 is 0 Å². The summed E-state index contributed by atoms with van der Waals surface area (Å²) in [5.41, 5.74) is 1.67.